The molecule has 1 heterocycles. The van der Waals surface area contributed by atoms with Gasteiger partial charge in [-0.3, -0.25) is 4.79 Å². The van der Waals surface area contributed by atoms with Crippen molar-refractivity contribution in [3.8, 4) is 0 Å². The zero-order valence-electron chi connectivity index (χ0n) is 12.1. The number of hydrogen-bond donors (Lipinski definition) is 0. The van der Waals surface area contributed by atoms with Crippen molar-refractivity contribution in [2.75, 3.05) is 11.9 Å². The van der Waals surface area contributed by atoms with Gasteiger partial charge in [-0.05, 0) is 55.0 Å². The Hall–Kier alpha value is -2.03. The molecule has 0 spiro atoms. The van der Waals surface area contributed by atoms with Crippen LogP contribution in [0.25, 0.3) is 0 Å². The van der Waals surface area contributed by atoms with Crippen molar-refractivity contribution >= 4 is 11.4 Å². The Morgan fingerprint density at radius 3 is 2.45 bits per heavy atom. The summed E-state index contributed by atoms with van der Waals surface area (Å²) in [6.07, 6.45) is 6.77. The van der Waals surface area contributed by atoms with Crippen LogP contribution in [-0.2, 0) is 19.9 Å². The Bertz CT molecular complexity index is 688. The minimum Gasteiger partial charge on any atom is -0.344 e. The zero-order chi connectivity index (χ0) is 14.1. The van der Waals surface area contributed by atoms with Gasteiger partial charge >= 0.3 is 0 Å². The van der Waals surface area contributed by atoms with E-state index >= 15 is 0 Å². The van der Waals surface area contributed by atoms with Crippen LogP contribution in [0.4, 0.5) is 11.4 Å². The van der Waals surface area contributed by atoms with Crippen LogP contribution in [0.1, 0.15) is 24.0 Å². The summed E-state index contributed by atoms with van der Waals surface area (Å²) in [5.41, 5.74) is 5.05. The van der Waals surface area contributed by atoms with Crippen LogP contribution in [-0.4, -0.2) is 11.6 Å². The molecule has 0 N–H and O–H groups in total. The molecule has 1 aliphatic carbocycles. The van der Waals surface area contributed by atoms with Crippen LogP contribution in [0.2, 0.25) is 0 Å². The number of anilines is 2. The Morgan fingerprint density at radius 1 is 1.00 bits per heavy atom. The van der Waals surface area contributed by atoms with Crippen LogP contribution in [0.3, 0.4) is 0 Å². The van der Waals surface area contributed by atoms with Gasteiger partial charge in [-0.2, -0.15) is 0 Å². The standard InChI is InChI=1S/C17H20N2O/c1-18-10-9-16(12-17(18)20)19(2)15-8-7-13-5-3-4-6-14(13)11-15/h7-12H,3-6H2,1-2H3. The smallest absolute Gasteiger partial charge is 0.252 e. The Labute approximate surface area is 119 Å². The van der Waals surface area contributed by atoms with Gasteiger partial charge in [-0.1, -0.05) is 6.07 Å². The second-order valence-electron chi connectivity index (χ2n) is 5.55. The average molecular weight is 268 g/mol. The van der Waals surface area contributed by atoms with Gasteiger partial charge in [0.05, 0.1) is 0 Å². The first-order valence-electron chi connectivity index (χ1n) is 7.17. The third-order valence-electron chi connectivity index (χ3n) is 4.19. The second-order valence-corrected chi connectivity index (χ2v) is 5.55. The van der Waals surface area contributed by atoms with E-state index in [0.717, 1.165) is 11.4 Å². The largest absolute Gasteiger partial charge is 0.344 e. The highest BCUT2D eigenvalue weighted by Crippen LogP contribution is 2.28. The summed E-state index contributed by atoms with van der Waals surface area (Å²) in [5, 5.41) is 0. The maximum absolute atomic E-state index is 11.7. The molecule has 3 nitrogen and oxygen atoms in total. The molecule has 0 amide bonds. The minimum atomic E-state index is 0.0207. The molecule has 0 atom stereocenters. The van der Waals surface area contributed by atoms with Crippen LogP contribution >= 0.6 is 0 Å². The third-order valence-corrected chi connectivity index (χ3v) is 4.19. The van der Waals surface area contributed by atoms with Gasteiger partial charge in [-0.15, -0.1) is 0 Å². The summed E-state index contributed by atoms with van der Waals surface area (Å²) in [6.45, 7) is 0. The lowest BCUT2D eigenvalue weighted by molar-refractivity contribution is 0.685. The van der Waals surface area contributed by atoms with E-state index in [-0.39, 0.29) is 5.56 Å². The van der Waals surface area contributed by atoms with Gasteiger partial charge in [0, 0.05) is 37.7 Å². The Kier molecular flexibility index (Phi) is 3.35. The van der Waals surface area contributed by atoms with Gasteiger partial charge < -0.3 is 9.47 Å². The normalized spacial score (nSPS) is 13.9. The second kappa shape index (κ2) is 5.16. The SMILES string of the molecule is CN(c1ccc2c(c1)CCCC2)c1ccn(C)c(=O)c1. The molecule has 0 fully saturated rings. The van der Waals surface area contributed by atoms with Crippen molar-refractivity contribution in [2.45, 2.75) is 25.7 Å². The molecule has 0 saturated heterocycles. The molecule has 0 bridgehead atoms. The van der Waals surface area contributed by atoms with Gasteiger partial charge in [0.25, 0.3) is 5.56 Å². The van der Waals surface area contributed by atoms with E-state index in [1.165, 1.54) is 36.8 Å². The molecule has 3 rings (SSSR count). The molecule has 20 heavy (non-hydrogen) atoms. The molecular weight excluding hydrogens is 248 g/mol. The summed E-state index contributed by atoms with van der Waals surface area (Å²) < 4.78 is 1.59. The number of rotatable bonds is 2. The predicted molar refractivity (Wildman–Crippen MR) is 82.8 cm³/mol. The zero-order valence-corrected chi connectivity index (χ0v) is 12.1. The van der Waals surface area contributed by atoms with E-state index in [1.54, 1.807) is 17.7 Å². The van der Waals surface area contributed by atoms with Gasteiger partial charge in [0.1, 0.15) is 0 Å². The lowest BCUT2D eigenvalue weighted by Gasteiger charge is -2.23. The van der Waals surface area contributed by atoms with Crippen molar-refractivity contribution in [1.29, 1.82) is 0 Å². The quantitative estimate of drug-likeness (QED) is 0.836. The first-order valence-corrected chi connectivity index (χ1v) is 7.17. The van der Waals surface area contributed by atoms with Crippen LogP contribution in [0.5, 0.6) is 0 Å². The summed E-state index contributed by atoms with van der Waals surface area (Å²) in [4.78, 5) is 13.8. The fourth-order valence-electron chi connectivity index (χ4n) is 2.82. The highest BCUT2D eigenvalue weighted by atomic mass is 16.1. The molecule has 0 aliphatic heterocycles. The number of aryl methyl sites for hydroxylation is 3. The highest BCUT2D eigenvalue weighted by Gasteiger charge is 2.12. The molecule has 3 heteroatoms. The third kappa shape index (κ3) is 2.36. The van der Waals surface area contributed by atoms with Gasteiger partial charge in [0.15, 0.2) is 0 Å². The molecule has 0 unspecified atom stereocenters. The lowest BCUT2D eigenvalue weighted by Crippen LogP contribution is -2.18. The van der Waals surface area contributed by atoms with Crippen molar-refractivity contribution < 1.29 is 0 Å². The molecule has 1 aromatic heterocycles. The maximum Gasteiger partial charge on any atom is 0.252 e. The van der Waals surface area contributed by atoms with E-state index in [4.69, 9.17) is 0 Å². The molecule has 2 aromatic rings. The first kappa shape index (κ1) is 13.0. The summed E-state index contributed by atoms with van der Waals surface area (Å²) >= 11 is 0. The van der Waals surface area contributed by atoms with E-state index in [0.29, 0.717) is 0 Å². The lowest BCUT2D eigenvalue weighted by atomic mass is 9.91. The van der Waals surface area contributed by atoms with Gasteiger partial charge in [0.2, 0.25) is 0 Å². The van der Waals surface area contributed by atoms with E-state index < -0.39 is 0 Å². The molecule has 0 saturated carbocycles. The van der Waals surface area contributed by atoms with Crippen molar-refractivity contribution in [3.63, 3.8) is 0 Å². The van der Waals surface area contributed by atoms with Crippen molar-refractivity contribution in [1.82, 2.24) is 4.57 Å². The van der Waals surface area contributed by atoms with Crippen LogP contribution in [0.15, 0.2) is 41.3 Å². The summed E-state index contributed by atoms with van der Waals surface area (Å²) in [5.74, 6) is 0. The predicted octanol–water partition coefficient (Wildman–Crippen LogP) is 3.03. The molecule has 0 radical (unpaired) electrons. The fraction of sp³-hybridized carbons (Fsp3) is 0.353. The number of nitrogens with zero attached hydrogens (tertiary/aromatic N) is 2. The van der Waals surface area contributed by atoms with E-state index in [9.17, 15) is 4.79 Å². The average Bonchev–Trinajstić information content (AvgIpc) is 2.49. The fourth-order valence-corrected chi connectivity index (χ4v) is 2.82. The number of aromatic nitrogens is 1. The van der Waals surface area contributed by atoms with E-state index in [2.05, 4.69) is 23.1 Å². The highest BCUT2D eigenvalue weighted by molar-refractivity contribution is 5.63. The Morgan fingerprint density at radius 2 is 1.70 bits per heavy atom. The van der Waals surface area contributed by atoms with Crippen LogP contribution in [0, 0.1) is 0 Å². The molecule has 1 aliphatic rings. The molecular formula is C17H20N2O. The number of hydrogen-bond acceptors (Lipinski definition) is 2. The molecule has 1 aromatic carbocycles. The van der Waals surface area contributed by atoms with Crippen LogP contribution < -0.4 is 10.5 Å². The van der Waals surface area contributed by atoms with Crippen molar-refractivity contribution in [3.05, 3.63) is 58.0 Å². The molecule has 104 valence electrons. The van der Waals surface area contributed by atoms with Crippen molar-refractivity contribution in [2.24, 2.45) is 7.05 Å². The maximum atomic E-state index is 11.7. The Balaban J connectivity index is 1.95. The monoisotopic (exact) mass is 268 g/mol. The van der Waals surface area contributed by atoms with E-state index in [1.807, 2.05) is 19.3 Å². The number of fused-ring (bicyclic) bond motifs is 1. The number of benzene rings is 1. The minimum absolute atomic E-state index is 0.0207. The summed E-state index contributed by atoms with van der Waals surface area (Å²) in [6, 6.07) is 10.3. The number of pyridine rings is 1. The topological polar surface area (TPSA) is 25.2 Å². The first-order chi connectivity index (χ1) is 9.65. The van der Waals surface area contributed by atoms with Gasteiger partial charge in [-0.25, -0.2) is 0 Å². The summed E-state index contributed by atoms with van der Waals surface area (Å²) in [7, 11) is 3.78.